The third kappa shape index (κ3) is 14.3. The second-order valence-corrected chi connectivity index (χ2v) is 18.5. The summed E-state index contributed by atoms with van der Waals surface area (Å²) in [6.07, 6.45) is 5.06. The molecule has 6 amide bonds. The van der Waals surface area contributed by atoms with Gasteiger partial charge in [0.05, 0.1) is 24.2 Å². The summed E-state index contributed by atoms with van der Waals surface area (Å²) in [5, 5.41) is 2.51. The van der Waals surface area contributed by atoms with Crippen molar-refractivity contribution < 1.29 is 66.5 Å². The van der Waals surface area contributed by atoms with Gasteiger partial charge < -0.3 is 48.8 Å². The van der Waals surface area contributed by atoms with Crippen molar-refractivity contribution in [2.24, 2.45) is 5.41 Å². The van der Waals surface area contributed by atoms with Gasteiger partial charge in [-0.15, -0.1) is 0 Å². The lowest BCUT2D eigenvalue weighted by molar-refractivity contribution is -0.162. The van der Waals surface area contributed by atoms with Crippen molar-refractivity contribution in [3.05, 3.63) is 41.7 Å². The summed E-state index contributed by atoms with van der Waals surface area (Å²) in [4.78, 5) is 127. The zero-order valence-electron chi connectivity index (χ0n) is 39.5. The molecule has 1 aromatic carbocycles. The molecule has 0 spiro atoms. The number of hydrogen-bond donors (Lipinski definition) is 1. The Morgan fingerprint density at radius 1 is 0.788 bits per heavy atom. The fourth-order valence-electron chi connectivity index (χ4n) is 7.46. The highest BCUT2D eigenvalue weighted by Gasteiger charge is 2.43. The van der Waals surface area contributed by atoms with Crippen molar-refractivity contribution in [2.45, 2.75) is 116 Å². The molecular formula is C46H65FN6O13. The summed E-state index contributed by atoms with van der Waals surface area (Å²) in [6, 6.07) is -0.756. The van der Waals surface area contributed by atoms with Crippen LogP contribution in [-0.4, -0.2) is 175 Å². The molecule has 2 fully saturated rings. The van der Waals surface area contributed by atoms with Crippen molar-refractivity contribution in [3.8, 4) is 5.75 Å². The van der Waals surface area contributed by atoms with E-state index in [1.165, 1.54) is 56.8 Å². The number of nitrogens with one attached hydrogen (secondary N) is 1. The number of carbonyl (C=O) groups is 9. The molecule has 4 rings (SSSR count). The van der Waals surface area contributed by atoms with Gasteiger partial charge in [0.2, 0.25) is 29.4 Å². The maximum Gasteiger partial charge on any atom is 0.330 e. The van der Waals surface area contributed by atoms with Crippen molar-refractivity contribution in [1.82, 2.24) is 29.8 Å². The Labute approximate surface area is 385 Å². The van der Waals surface area contributed by atoms with Crippen LogP contribution in [0.3, 0.4) is 0 Å². The first-order valence-corrected chi connectivity index (χ1v) is 22.2. The van der Waals surface area contributed by atoms with Crippen LogP contribution in [0.4, 0.5) is 4.39 Å². The number of ketones is 1. The smallest absolute Gasteiger partial charge is 0.330 e. The zero-order chi connectivity index (χ0) is 49.1. The molecule has 4 unspecified atom stereocenters. The maximum atomic E-state index is 14.7. The van der Waals surface area contributed by atoms with Crippen LogP contribution < -0.4 is 10.1 Å². The van der Waals surface area contributed by atoms with Crippen LogP contribution in [0.5, 0.6) is 5.75 Å². The number of esters is 2. The Kier molecular flexibility index (Phi) is 18.4. The summed E-state index contributed by atoms with van der Waals surface area (Å²) < 4.78 is 37.1. The highest BCUT2D eigenvalue weighted by Crippen LogP contribution is 2.26. The van der Waals surface area contributed by atoms with E-state index >= 15 is 0 Å². The van der Waals surface area contributed by atoms with Gasteiger partial charge in [-0.1, -0.05) is 6.08 Å². The van der Waals surface area contributed by atoms with Crippen molar-refractivity contribution in [1.29, 1.82) is 0 Å². The van der Waals surface area contributed by atoms with Crippen LogP contribution in [0.2, 0.25) is 0 Å². The number of cyclic esters (lactones) is 2. The second kappa shape index (κ2) is 23.0. The first-order valence-electron chi connectivity index (χ1n) is 22.2. The van der Waals surface area contributed by atoms with Crippen LogP contribution in [0.15, 0.2) is 30.4 Å². The van der Waals surface area contributed by atoms with E-state index in [9.17, 15) is 47.5 Å². The number of ether oxygens (including phenoxy) is 4. The molecule has 2 bridgehead atoms. The van der Waals surface area contributed by atoms with Crippen molar-refractivity contribution in [2.75, 3.05) is 67.1 Å². The van der Waals surface area contributed by atoms with Crippen molar-refractivity contribution in [3.63, 3.8) is 0 Å². The Bertz CT molecular complexity index is 2040. The van der Waals surface area contributed by atoms with E-state index < -0.39 is 115 Å². The van der Waals surface area contributed by atoms with Crippen LogP contribution in [0, 0.1) is 11.2 Å². The summed E-state index contributed by atoms with van der Waals surface area (Å²) in [5.41, 5.74) is -2.01. The number of fused-ring (bicyclic) bond motifs is 4. The van der Waals surface area contributed by atoms with Gasteiger partial charge in [-0.3, -0.25) is 33.6 Å². The molecule has 0 radical (unpaired) electrons. The van der Waals surface area contributed by atoms with E-state index in [4.69, 9.17) is 18.9 Å². The number of nitrogens with zero attached hydrogens (tertiary/aromatic N) is 5. The predicted molar refractivity (Wildman–Crippen MR) is 234 cm³/mol. The molecule has 3 aliphatic heterocycles. The Morgan fingerprint density at radius 2 is 1.47 bits per heavy atom. The SMILES string of the molecule is CC1C(=O)NCC(=O)N(C)C(COC(C)(C)C)C(=O)N2CCCC2C(=O)N(C)CC/C=C/C(=O)OCC(C)(C)C(=O)C(=O)N2CCCCC2C(=O)OCc2cc(F)cc(c2)OCC(=O)N1C. The summed E-state index contributed by atoms with van der Waals surface area (Å²) in [5.74, 6) is -7.16. The molecule has 2 saturated heterocycles. The first kappa shape index (κ1) is 52.7. The van der Waals surface area contributed by atoms with Crippen LogP contribution in [-0.2, 0) is 64.0 Å². The fourth-order valence-corrected chi connectivity index (χ4v) is 7.46. The number of halogens is 1. The molecular weight excluding hydrogens is 864 g/mol. The molecule has 19 nitrogen and oxygen atoms in total. The van der Waals surface area contributed by atoms with E-state index in [0.717, 1.165) is 32.9 Å². The lowest BCUT2D eigenvalue weighted by Gasteiger charge is -2.35. The zero-order valence-corrected chi connectivity index (χ0v) is 39.5. The first-order chi connectivity index (χ1) is 30.9. The highest BCUT2D eigenvalue weighted by molar-refractivity contribution is 6.38. The van der Waals surface area contributed by atoms with Gasteiger partial charge in [0.1, 0.15) is 48.9 Å². The molecule has 0 aliphatic carbocycles. The lowest BCUT2D eigenvalue weighted by atomic mass is 9.87. The van der Waals surface area contributed by atoms with Gasteiger partial charge in [-0.05, 0) is 97.8 Å². The topological polar surface area (TPSA) is 219 Å². The fraction of sp³-hybridized carbons (Fsp3) is 0.630. The van der Waals surface area contributed by atoms with Crippen LogP contribution in [0.25, 0.3) is 0 Å². The molecule has 4 atom stereocenters. The number of hydrogen-bond acceptors (Lipinski definition) is 13. The molecule has 3 aliphatic rings. The number of carbonyl (C=O) groups excluding carboxylic acids is 9. The van der Waals surface area contributed by atoms with Crippen molar-refractivity contribution >= 4 is 53.2 Å². The van der Waals surface area contributed by atoms with E-state index in [1.807, 2.05) is 0 Å². The third-order valence-electron chi connectivity index (χ3n) is 11.8. The number of likely N-dealkylation sites (N-methyl/N-ethyl adjacent to an activating group) is 3. The van der Waals surface area contributed by atoms with Gasteiger partial charge in [0.25, 0.3) is 11.8 Å². The second-order valence-electron chi connectivity index (χ2n) is 18.5. The molecule has 364 valence electrons. The monoisotopic (exact) mass is 928 g/mol. The molecule has 1 aromatic rings. The van der Waals surface area contributed by atoms with E-state index in [1.54, 1.807) is 27.8 Å². The van der Waals surface area contributed by atoms with Crippen LogP contribution >= 0.6 is 0 Å². The maximum absolute atomic E-state index is 14.7. The molecule has 20 heteroatoms. The Morgan fingerprint density at radius 3 is 2.17 bits per heavy atom. The van der Waals surface area contributed by atoms with E-state index in [2.05, 4.69) is 5.32 Å². The van der Waals surface area contributed by atoms with E-state index in [0.29, 0.717) is 25.7 Å². The Balaban J connectivity index is 1.57. The molecule has 0 aromatic heterocycles. The minimum atomic E-state index is -1.47. The predicted octanol–water partition coefficient (Wildman–Crippen LogP) is 1.78. The summed E-state index contributed by atoms with van der Waals surface area (Å²) in [7, 11) is 4.31. The molecule has 3 heterocycles. The number of piperidine rings is 1. The minimum absolute atomic E-state index is 0.0830. The standard InChI is InChI=1S/C46H65FN6O13/c1-29-40(58)48-24-36(54)51(9)35(26-66-45(2,3)4)42(60)52-20-14-16-33(52)41(59)49(7)18-12-11-17-38(56)65-28-46(5,6)39(57)43(61)53-19-13-10-15-34(53)44(62)64-25-30-21-31(47)23-32(22-30)63-27-37(55)50(29)8/h11,17,21-23,29,33-35H,10,12-16,18-20,24-28H2,1-9H3,(H,48,58)/b17-11+. The van der Waals surface area contributed by atoms with E-state index in [-0.39, 0.29) is 56.3 Å². The number of benzene rings is 1. The van der Waals surface area contributed by atoms with Gasteiger partial charge >= 0.3 is 11.9 Å². The van der Waals surface area contributed by atoms with Gasteiger partial charge in [0.15, 0.2) is 6.61 Å². The third-order valence-corrected chi connectivity index (χ3v) is 11.8. The average Bonchev–Trinajstić information content (AvgIpc) is 3.77. The number of rotatable bonds is 2. The summed E-state index contributed by atoms with van der Waals surface area (Å²) >= 11 is 0. The molecule has 66 heavy (non-hydrogen) atoms. The number of Topliss-reactive ketones (excluding diaryl/α,β-unsaturated/α-hetero) is 1. The van der Waals surface area contributed by atoms with Gasteiger partial charge in [-0.2, -0.15) is 0 Å². The highest BCUT2D eigenvalue weighted by atomic mass is 19.1. The van der Waals surface area contributed by atoms with Crippen LogP contribution in [0.1, 0.15) is 85.6 Å². The quantitative estimate of drug-likeness (QED) is 0.331. The van der Waals surface area contributed by atoms with Gasteiger partial charge in [0, 0.05) is 52.9 Å². The summed E-state index contributed by atoms with van der Waals surface area (Å²) in [6.45, 7) is 7.93. The lowest BCUT2D eigenvalue weighted by Crippen LogP contribution is -2.57. The largest absolute Gasteiger partial charge is 0.484 e. The molecule has 1 N–H and O–H groups in total. The van der Waals surface area contributed by atoms with Gasteiger partial charge in [-0.25, -0.2) is 14.0 Å². The Hall–Kier alpha value is -5.92. The average molecular weight is 929 g/mol. The number of amides is 6. The molecule has 0 saturated carbocycles. The minimum Gasteiger partial charge on any atom is -0.484 e. The normalized spacial score (nSPS) is 25.3.